The number of esters is 1. The molecule has 0 heterocycles. The lowest BCUT2D eigenvalue weighted by atomic mass is 9.88. The van der Waals surface area contributed by atoms with E-state index in [1.807, 2.05) is 36.4 Å². The summed E-state index contributed by atoms with van der Waals surface area (Å²) in [5.41, 5.74) is 5.12. The van der Waals surface area contributed by atoms with Crippen molar-refractivity contribution >= 4 is 17.8 Å². The second-order valence-electron chi connectivity index (χ2n) is 7.66. The van der Waals surface area contributed by atoms with Gasteiger partial charge in [-0.05, 0) is 48.4 Å². The minimum absolute atomic E-state index is 0.0247. The van der Waals surface area contributed by atoms with Gasteiger partial charge in [-0.1, -0.05) is 70.2 Å². The number of rotatable bonds is 7. The molecule has 0 saturated carbocycles. The molecule has 0 bridgehead atoms. The van der Waals surface area contributed by atoms with Crippen LogP contribution in [0.25, 0.3) is 6.08 Å². The highest BCUT2D eigenvalue weighted by molar-refractivity contribution is 6.10. The van der Waals surface area contributed by atoms with Crippen molar-refractivity contribution in [2.45, 2.75) is 53.4 Å². The maximum atomic E-state index is 13.1. The average Bonchev–Trinajstić information content (AvgIpc) is 2.67. The molecule has 0 saturated heterocycles. The maximum absolute atomic E-state index is 13.1. The van der Waals surface area contributed by atoms with E-state index in [0.717, 1.165) is 16.7 Å². The van der Waals surface area contributed by atoms with Crippen molar-refractivity contribution in [2.24, 2.45) is 0 Å². The highest BCUT2D eigenvalue weighted by Gasteiger charge is 2.17. The first-order valence-electron chi connectivity index (χ1n) is 9.88. The minimum atomic E-state index is -0.325. The normalized spacial score (nSPS) is 11.8. The van der Waals surface area contributed by atoms with E-state index in [-0.39, 0.29) is 17.7 Å². The van der Waals surface area contributed by atoms with Crippen LogP contribution in [0.1, 0.15) is 86.0 Å². The number of carbonyl (C=O) groups is 2. The Hall–Kier alpha value is -2.68. The van der Waals surface area contributed by atoms with Crippen LogP contribution >= 0.6 is 0 Å². The molecule has 28 heavy (non-hydrogen) atoms. The molecule has 148 valence electrons. The molecule has 3 heteroatoms. The topological polar surface area (TPSA) is 43.4 Å². The van der Waals surface area contributed by atoms with Gasteiger partial charge in [0.15, 0.2) is 5.78 Å². The Bertz CT molecular complexity index is 871. The number of ketones is 1. The molecule has 0 aliphatic rings. The number of hydrogen-bond donors (Lipinski definition) is 0. The molecule has 0 aliphatic heterocycles. The van der Waals surface area contributed by atoms with Gasteiger partial charge in [0.2, 0.25) is 0 Å². The summed E-state index contributed by atoms with van der Waals surface area (Å²) in [5, 5.41) is 0. The van der Waals surface area contributed by atoms with Crippen LogP contribution in [-0.4, -0.2) is 18.4 Å². The number of hydrogen-bond acceptors (Lipinski definition) is 3. The Morgan fingerprint density at radius 2 is 1.61 bits per heavy atom. The van der Waals surface area contributed by atoms with E-state index >= 15 is 0 Å². The molecule has 2 rings (SSSR count). The van der Waals surface area contributed by atoms with Crippen LogP contribution in [0.2, 0.25) is 0 Å². The fourth-order valence-electron chi connectivity index (χ4n) is 3.06. The highest BCUT2D eigenvalue weighted by Crippen LogP contribution is 2.27. The number of benzene rings is 2. The molecule has 0 N–H and O–H groups in total. The van der Waals surface area contributed by atoms with E-state index in [1.165, 1.54) is 5.56 Å². The van der Waals surface area contributed by atoms with Gasteiger partial charge in [-0.25, -0.2) is 4.79 Å². The molecule has 0 amide bonds. The lowest BCUT2D eigenvalue weighted by Crippen LogP contribution is -2.08. The van der Waals surface area contributed by atoms with Crippen LogP contribution in [0.15, 0.2) is 48.0 Å². The molecule has 3 nitrogen and oxygen atoms in total. The predicted molar refractivity (Wildman–Crippen MR) is 115 cm³/mol. The van der Waals surface area contributed by atoms with Gasteiger partial charge in [-0.2, -0.15) is 0 Å². The molecule has 0 fully saturated rings. The van der Waals surface area contributed by atoms with Gasteiger partial charge in [0.25, 0.3) is 0 Å². The second-order valence-corrected chi connectivity index (χ2v) is 7.66. The summed E-state index contributed by atoms with van der Waals surface area (Å²) in [6.07, 6.45) is 1.77. The van der Waals surface area contributed by atoms with Crippen LogP contribution in [0.3, 0.4) is 0 Å². The van der Waals surface area contributed by atoms with Crippen molar-refractivity contribution in [1.82, 2.24) is 0 Å². The third kappa shape index (κ3) is 5.19. The van der Waals surface area contributed by atoms with Gasteiger partial charge in [-0.15, -0.1) is 0 Å². The van der Waals surface area contributed by atoms with Gasteiger partial charge < -0.3 is 4.74 Å². The SMILES string of the molecule is CCOC(=O)/C(C)=C/c1ccc(C(=O)c2ccc(C(C)C)cc2C(C)C)cc1. The standard InChI is InChI=1S/C25H30O3/c1-7-28-25(27)18(6)14-19-8-10-20(11-9-19)24(26)22-13-12-21(16(2)3)15-23(22)17(4)5/h8-17H,7H2,1-6H3/b18-14+. The molecule has 0 unspecified atom stereocenters. The van der Waals surface area contributed by atoms with E-state index in [2.05, 4.69) is 33.8 Å². The van der Waals surface area contributed by atoms with Crippen molar-refractivity contribution < 1.29 is 14.3 Å². The van der Waals surface area contributed by atoms with E-state index in [9.17, 15) is 9.59 Å². The molecule has 0 aliphatic carbocycles. The van der Waals surface area contributed by atoms with Crippen molar-refractivity contribution in [3.05, 3.63) is 75.9 Å². The Morgan fingerprint density at radius 3 is 2.14 bits per heavy atom. The Balaban J connectivity index is 2.30. The Labute approximate surface area is 168 Å². The second kappa shape index (κ2) is 9.50. The first kappa shape index (κ1) is 21.6. The molecule has 0 radical (unpaired) electrons. The summed E-state index contributed by atoms with van der Waals surface area (Å²) in [6.45, 7) is 12.4. The van der Waals surface area contributed by atoms with Crippen LogP contribution in [0, 0.1) is 0 Å². The largest absolute Gasteiger partial charge is 0.463 e. The van der Waals surface area contributed by atoms with Gasteiger partial charge in [0.05, 0.1) is 6.61 Å². The van der Waals surface area contributed by atoms with Crippen molar-refractivity contribution in [1.29, 1.82) is 0 Å². The van der Waals surface area contributed by atoms with Crippen LogP contribution in [0.5, 0.6) is 0 Å². The Morgan fingerprint density at radius 1 is 0.964 bits per heavy atom. The summed E-state index contributed by atoms with van der Waals surface area (Å²) < 4.78 is 5.00. The third-order valence-corrected chi connectivity index (χ3v) is 4.76. The fraction of sp³-hybridized carbons (Fsp3) is 0.360. The van der Waals surface area contributed by atoms with Gasteiger partial charge in [0.1, 0.15) is 0 Å². The first-order valence-corrected chi connectivity index (χ1v) is 9.88. The monoisotopic (exact) mass is 378 g/mol. The average molecular weight is 379 g/mol. The lowest BCUT2D eigenvalue weighted by Gasteiger charge is -2.16. The molecule has 0 atom stereocenters. The lowest BCUT2D eigenvalue weighted by molar-refractivity contribution is -0.138. The molecular weight excluding hydrogens is 348 g/mol. The Kier molecular flexibility index (Phi) is 7.33. The molecule has 2 aromatic rings. The molecule has 2 aromatic carbocycles. The minimum Gasteiger partial charge on any atom is -0.463 e. The van der Waals surface area contributed by atoms with E-state index in [4.69, 9.17) is 4.74 Å². The predicted octanol–water partition coefficient (Wildman–Crippen LogP) is 6.13. The smallest absolute Gasteiger partial charge is 0.333 e. The number of carbonyl (C=O) groups excluding carboxylic acids is 2. The number of ether oxygens (including phenoxy) is 1. The molecular formula is C25H30O3. The summed E-state index contributed by atoms with van der Waals surface area (Å²) >= 11 is 0. The first-order chi connectivity index (χ1) is 13.2. The highest BCUT2D eigenvalue weighted by atomic mass is 16.5. The zero-order valence-corrected chi connectivity index (χ0v) is 17.7. The molecule has 0 aromatic heterocycles. The zero-order valence-electron chi connectivity index (χ0n) is 17.7. The summed E-state index contributed by atoms with van der Waals surface area (Å²) in [7, 11) is 0. The van der Waals surface area contributed by atoms with E-state index in [0.29, 0.717) is 23.7 Å². The third-order valence-electron chi connectivity index (χ3n) is 4.76. The van der Waals surface area contributed by atoms with Crippen LogP contribution in [-0.2, 0) is 9.53 Å². The van der Waals surface area contributed by atoms with Gasteiger partial charge in [-0.3, -0.25) is 4.79 Å². The van der Waals surface area contributed by atoms with Crippen molar-refractivity contribution in [2.75, 3.05) is 6.61 Å². The maximum Gasteiger partial charge on any atom is 0.333 e. The molecule has 0 spiro atoms. The van der Waals surface area contributed by atoms with Crippen LogP contribution < -0.4 is 0 Å². The summed E-state index contributed by atoms with van der Waals surface area (Å²) in [6, 6.07) is 13.5. The fourth-order valence-corrected chi connectivity index (χ4v) is 3.06. The van der Waals surface area contributed by atoms with Gasteiger partial charge in [0, 0.05) is 16.7 Å². The van der Waals surface area contributed by atoms with Crippen molar-refractivity contribution in [3.63, 3.8) is 0 Å². The van der Waals surface area contributed by atoms with Crippen LogP contribution in [0.4, 0.5) is 0 Å². The van der Waals surface area contributed by atoms with Crippen molar-refractivity contribution in [3.8, 4) is 0 Å². The van der Waals surface area contributed by atoms with E-state index < -0.39 is 0 Å². The summed E-state index contributed by atoms with van der Waals surface area (Å²) in [5.74, 6) is 0.397. The summed E-state index contributed by atoms with van der Waals surface area (Å²) in [4.78, 5) is 24.8. The van der Waals surface area contributed by atoms with Gasteiger partial charge >= 0.3 is 5.97 Å². The van der Waals surface area contributed by atoms with E-state index in [1.54, 1.807) is 19.9 Å². The zero-order chi connectivity index (χ0) is 20.8. The quantitative estimate of drug-likeness (QED) is 0.331.